The molecular weight excluding hydrogens is 261 g/mol. The van der Waals surface area contributed by atoms with E-state index in [1.165, 1.54) is 12.1 Å². The summed E-state index contributed by atoms with van der Waals surface area (Å²) in [5.41, 5.74) is 2.03. The summed E-state index contributed by atoms with van der Waals surface area (Å²) in [6, 6.07) is 5.71. The normalized spacial score (nSPS) is 12.2. The zero-order valence-corrected chi connectivity index (χ0v) is 11.2. The van der Waals surface area contributed by atoms with Gasteiger partial charge in [-0.05, 0) is 38.0 Å². The number of halogens is 1. The van der Waals surface area contributed by atoms with Crippen LogP contribution >= 0.6 is 0 Å². The number of carbonyl (C=O) groups is 1. The van der Waals surface area contributed by atoms with Gasteiger partial charge in [0.15, 0.2) is 5.82 Å². The van der Waals surface area contributed by atoms with Crippen LogP contribution in [0.15, 0.2) is 24.3 Å². The summed E-state index contributed by atoms with van der Waals surface area (Å²) in [6.45, 7) is 3.51. The molecule has 0 aliphatic carbocycles. The molecule has 2 aromatic rings. The molecule has 20 heavy (non-hydrogen) atoms. The molecule has 0 amide bonds. The first-order valence-electron chi connectivity index (χ1n) is 6.12. The molecule has 104 valence electrons. The van der Waals surface area contributed by atoms with Crippen LogP contribution in [0.5, 0.6) is 0 Å². The second-order valence-corrected chi connectivity index (χ2v) is 4.56. The number of carboxylic acids is 1. The first-order valence-corrected chi connectivity index (χ1v) is 6.12. The quantitative estimate of drug-likeness (QED) is 0.924. The maximum absolute atomic E-state index is 12.9. The van der Waals surface area contributed by atoms with Crippen molar-refractivity contribution in [3.63, 3.8) is 0 Å². The van der Waals surface area contributed by atoms with Crippen LogP contribution in [0.25, 0.3) is 0 Å². The Morgan fingerprint density at radius 1 is 1.20 bits per heavy atom. The van der Waals surface area contributed by atoms with E-state index in [2.05, 4.69) is 15.2 Å². The highest BCUT2D eigenvalue weighted by Crippen LogP contribution is 2.18. The van der Waals surface area contributed by atoms with Crippen molar-refractivity contribution in [3.8, 4) is 0 Å². The Bertz CT molecular complexity index is 629. The molecule has 0 bridgehead atoms. The molecule has 1 aromatic carbocycles. The van der Waals surface area contributed by atoms with E-state index in [0.29, 0.717) is 17.0 Å². The molecule has 0 saturated carbocycles. The van der Waals surface area contributed by atoms with Crippen LogP contribution in [0, 0.1) is 19.7 Å². The fourth-order valence-electron chi connectivity index (χ4n) is 1.77. The van der Waals surface area contributed by atoms with Crippen LogP contribution in [-0.2, 0) is 11.2 Å². The molecule has 1 heterocycles. The zero-order chi connectivity index (χ0) is 14.7. The summed E-state index contributed by atoms with van der Waals surface area (Å²) in [7, 11) is 0. The van der Waals surface area contributed by atoms with E-state index in [0.717, 1.165) is 0 Å². The SMILES string of the molecule is Cc1nnc(C(Cc2ccc(F)cc2)C(=O)O)nc1C. The maximum Gasteiger partial charge on any atom is 0.314 e. The summed E-state index contributed by atoms with van der Waals surface area (Å²) in [5, 5.41) is 17.1. The first kappa shape index (κ1) is 14.0. The number of benzene rings is 1. The van der Waals surface area contributed by atoms with E-state index in [9.17, 15) is 14.3 Å². The number of aryl methyl sites for hydroxylation is 2. The Balaban J connectivity index is 2.29. The van der Waals surface area contributed by atoms with Crippen LogP contribution in [0.2, 0.25) is 0 Å². The van der Waals surface area contributed by atoms with Gasteiger partial charge in [0, 0.05) is 0 Å². The Kier molecular flexibility index (Phi) is 4.02. The molecule has 0 aliphatic rings. The maximum atomic E-state index is 12.9. The molecular formula is C14H14FN3O2. The average Bonchev–Trinajstić information content (AvgIpc) is 2.41. The third-order valence-electron chi connectivity index (χ3n) is 3.07. The van der Waals surface area contributed by atoms with E-state index in [1.54, 1.807) is 26.0 Å². The number of aliphatic carboxylic acids is 1. The van der Waals surface area contributed by atoms with Gasteiger partial charge in [-0.15, -0.1) is 5.10 Å². The lowest BCUT2D eigenvalue weighted by Gasteiger charge is -2.11. The Labute approximate surface area is 115 Å². The van der Waals surface area contributed by atoms with Gasteiger partial charge < -0.3 is 5.11 Å². The number of nitrogens with zero attached hydrogens (tertiary/aromatic N) is 3. The molecule has 0 saturated heterocycles. The van der Waals surface area contributed by atoms with Gasteiger partial charge in [0.05, 0.1) is 11.4 Å². The molecule has 5 nitrogen and oxygen atoms in total. The van der Waals surface area contributed by atoms with Crippen LogP contribution in [-0.4, -0.2) is 26.3 Å². The van der Waals surface area contributed by atoms with Crippen LogP contribution in [0.1, 0.15) is 28.7 Å². The molecule has 1 atom stereocenters. The number of aromatic nitrogens is 3. The number of hydrogen-bond donors (Lipinski definition) is 1. The van der Waals surface area contributed by atoms with Gasteiger partial charge in [0.2, 0.25) is 0 Å². The monoisotopic (exact) mass is 275 g/mol. The summed E-state index contributed by atoms with van der Waals surface area (Å²) in [4.78, 5) is 15.6. The van der Waals surface area contributed by atoms with Crippen molar-refractivity contribution < 1.29 is 14.3 Å². The lowest BCUT2D eigenvalue weighted by atomic mass is 9.98. The largest absolute Gasteiger partial charge is 0.481 e. The highest BCUT2D eigenvalue weighted by molar-refractivity contribution is 5.75. The number of carboxylic acid groups (broad SMARTS) is 1. The number of rotatable bonds is 4. The van der Waals surface area contributed by atoms with Crippen molar-refractivity contribution in [2.24, 2.45) is 0 Å². The van der Waals surface area contributed by atoms with Gasteiger partial charge in [-0.1, -0.05) is 12.1 Å². The Morgan fingerprint density at radius 2 is 1.85 bits per heavy atom. The van der Waals surface area contributed by atoms with Gasteiger partial charge in [-0.2, -0.15) is 5.10 Å². The molecule has 1 unspecified atom stereocenters. The van der Waals surface area contributed by atoms with Crippen LogP contribution < -0.4 is 0 Å². The Hall–Kier alpha value is -2.37. The van der Waals surface area contributed by atoms with Gasteiger partial charge in [0.1, 0.15) is 11.7 Å². The van der Waals surface area contributed by atoms with Crippen molar-refractivity contribution in [2.45, 2.75) is 26.2 Å². The third-order valence-corrected chi connectivity index (χ3v) is 3.07. The van der Waals surface area contributed by atoms with E-state index in [4.69, 9.17) is 0 Å². The van der Waals surface area contributed by atoms with Crippen molar-refractivity contribution >= 4 is 5.97 Å². The second kappa shape index (κ2) is 5.73. The van der Waals surface area contributed by atoms with Crippen LogP contribution in [0.3, 0.4) is 0 Å². The van der Waals surface area contributed by atoms with Crippen molar-refractivity contribution in [2.75, 3.05) is 0 Å². The van der Waals surface area contributed by atoms with E-state index in [1.807, 2.05) is 0 Å². The summed E-state index contributed by atoms with van der Waals surface area (Å²) < 4.78 is 12.9. The van der Waals surface area contributed by atoms with E-state index >= 15 is 0 Å². The fraction of sp³-hybridized carbons (Fsp3) is 0.286. The molecule has 2 rings (SSSR count). The minimum Gasteiger partial charge on any atom is -0.481 e. The van der Waals surface area contributed by atoms with Crippen molar-refractivity contribution in [3.05, 3.63) is 52.9 Å². The van der Waals surface area contributed by atoms with Crippen LogP contribution in [0.4, 0.5) is 4.39 Å². The summed E-state index contributed by atoms with van der Waals surface area (Å²) >= 11 is 0. The molecule has 0 fully saturated rings. The minimum absolute atomic E-state index is 0.171. The van der Waals surface area contributed by atoms with Gasteiger partial charge >= 0.3 is 5.97 Å². The molecule has 0 aliphatic heterocycles. The average molecular weight is 275 g/mol. The Morgan fingerprint density at radius 3 is 2.40 bits per heavy atom. The molecule has 1 N–H and O–H groups in total. The van der Waals surface area contributed by atoms with Gasteiger partial charge in [-0.25, -0.2) is 9.37 Å². The predicted octanol–water partition coefficient (Wildman–Crippen LogP) is 2.04. The minimum atomic E-state index is -1.03. The molecule has 0 radical (unpaired) electrons. The topological polar surface area (TPSA) is 76.0 Å². The van der Waals surface area contributed by atoms with Gasteiger partial charge in [-0.3, -0.25) is 4.79 Å². The zero-order valence-electron chi connectivity index (χ0n) is 11.2. The van der Waals surface area contributed by atoms with Gasteiger partial charge in [0.25, 0.3) is 0 Å². The fourth-order valence-corrected chi connectivity index (χ4v) is 1.77. The molecule has 6 heteroatoms. The molecule has 1 aromatic heterocycles. The summed E-state index contributed by atoms with van der Waals surface area (Å²) in [6.07, 6.45) is 0.194. The highest BCUT2D eigenvalue weighted by atomic mass is 19.1. The lowest BCUT2D eigenvalue weighted by molar-refractivity contribution is -0.139. The smallest absolute Gasteiger partial charge is 0.314 e. The third kappa shape index (κ3) is 3.14. The van der Waals surface area contributed by atoms with Crippen molar-refractivity contribution in [1.82, 2.24) is 15.2 Å². The second-order valence-electron chi connectivity index (χ2n) is 4.56. The molecule has 0 spiro atoms. The van der Waals surface area contributed by atoms with E-state index < -0.39 is 11.9 Å². The highest BCUT2D eigenvalue weighted by Gasteiger charge is 2.24. The lowest BCUT2D eigenvalue weighted by Crippen LogP contribution is -2.19. The first-order chi connectivity index (χ1) is 9.47. The predicted molar refractivity (Wildman–Crippen MR) is 69.8 cm³/mol. The number of hydrogen-bond acceptors (Lipinski definition) is 4. The standard InChI is InChI=1S/C14H14FN3O2/c1-8-9(2)17-18-13(16-8)12(14(19)20)7-10-3-5-11(15)6-4-10/h3-6,12H,7H2,1-2H3,(H,19,20). The summed E-state index contributed by atoms with van der Waals surface area (Å²) in [5.74, 6) is -2.11. The van der Waals surface area contributed by atoms with E-state index in [-0.39, 0.29) is 18.1 Å². The van der Waals surface area contributed by atoms with Crippen molar-refractivity contribution in [1.29, 1.82) is 0 Å².